The maximum atomic E-state index is 11.4. The normalized spacial score (nSPS) is 10.1. The Hall–Kier alpha value is -1.61. The van der Waals surface area contributed by atoms with Gasteiger partial charge in [0.2, 0.25) is 5.15 Å². The molecule has 70 valence electrons. The summed E-state index contributed by atoms with van der Waals surface area (Å²) >= 11 is 5.83. The van der Waals surface area contributed by atoms with Gasteiger partial charge in [0, 0.05) is 0 Å². The van der Waals surface area contributed by atoms with Crippen molar-refractivity contribution in [1.29, 1.82) is 0 Å². The predicted octanol–water partition coefficient (Wildman–Crippen LogP) is 2.04. The van der Waals surface area contributed by atoms with Gasteiger partial charge in [-0.25, -0.2) is 4.98 Å². The second-order valence-corrected chi connectivity index (χ2v) is 3.12. The van der Waals surface area contributed by atoms with E-state index in [1.807, 2.05) is 30.3 Å². The number of hydrogen-bond donors (Lipinski definition) is 0. The highest BCUT2D eigenvalue weighted by Gasteiger charge is 2.13. The summed E-state index contributed by atoms with van der Waals surface area (Å²) in [4.78, 5) is 3.86. The van der Waals surface area contributed by atoms with E-state index in [9.17, 15) is 5.21 Å². The lowest BCUT2D eigenvalue weighted by Crippen LogP contribution is -2.29. The molecule has 0 radical (unpaired) electrons. The average Bonchev–Trinajstić information content (AvgIpc) is 2.19. The van der Waals surface area contributed by atoms with Gasteiger partial charge >= 0.3 is 0 Å². The maximum Gasteiger partial charge on any atom is 0.261 e. The third kappa shape index (κ3) is 1.54. The first-order chi connectivity index (χ1) is 6.79. The van der Waals surface area contributed by atoms with E-state index in [2.05, 4.69) is 4.98 Å². The van der Waals surface area contributed by atoms with Crippen LogP contribution in [0.1, 0.15) is 0 Å². The molecule has 2 rings (SSSR count). The smallest absolute Gasteiger partial charge is 0.261 e. The average molecular weight is 207 g/mol. The number of halogens is 1. The molecule has 0 saturated heterocycles. The highest BCUT2D eigenvalue weighted by molar-refractivity contribution is 6.31. The Balaban J connectivity index is 2.63. The number of benzene rings is 1. The Morgan fingerprint density at radius 3 is 2.57 bits per heavy atom. The highest BCUT2D eigenvalue weighted by Crippen LogP contribution is 2.20. The Labute approximate surface area is 86.2 Å². The third-order valence-corrected chi connectivity index (χ3v) is 2.13. The standard InChI is InChI=1S/C10H7ClN2O/c11-10-9(13(14)7-6-12-10)8-4-2-1-3-5-8/h1-7H. The van der Waals surface area contributed by atoms with Gasteiger partial charge in [-0.05, 0) is 12.1 Å². The lowest BCUT2D eigenvalue weighted by Gasteiger charge is -2.04. The molecule has 0 unspecified atom stereocenters. The van der Waals surface area contributed by atoms with E-state index >= 15 is 0 Å². The topological polar surface area (TPSA) is 39.8 Å². The fourth-order valence-electron chi connectivity index (χ4n) is 1.23. The first kappa shape index (κ1) is 8.97. The van der Waals surface area contributed by atoms with Crippen LogP contribution in [0, 0.1) is 5.21 Å². The van der Waals surface area contributed by atoms with Crippen molar-refractivity contribution in [1.82, 2.24) is 4.98 Å². The largest absolute Gasteiger partial charge is 0.618 e. The van der Waals surface area contributed by atoms with Crippen LogP contribution in [-0.4, -0.2) is 4.98 Å². The lowest BCUT2D eigenvalue weighted by atomic mass is 10.2. The van der Waals surface area contributed by atoms with Crippen LogP contribution in [0.3, 0.4) is 0 Å². The zero-order valence-corrected chi connectivity index (χ0v) is 7.98. The van der Waals surface area contributed by atoms with E-state index in [0.717, 1.165) is 5.56 Å². The quantitative estimate of drug-likeness (QED) is 0.529. The molecule has 0 fully saturated rings. The molecule has 0 aliphatic heterocycles. The van der Waals surface area contributed by atoms with Gasteiger partial charge in [0.05, 0.1) is 11.8 Å². The zero-order valence-electron chi connectivity index (χ0n) is 7.22. The van der Waals surface area contributed by atoms with Crippen molar-refractivity contribution in [3.8, 4) is 11.3 Å². The second kappa shape index (κ2) is 3.64. The lowest BCUT2D eigenvalue weighted by molar-refractivity contribution is -0.594. The fraction of sp³-hybridized carbons (Fsp3) is 0. The summed E-state index contributed by atoms with van der Waals surface area (Å²) in [5.74, 6) is 0. The highest BCUT2D eigenvalue weighted by atomic mass is 35.5. The van der Waals surface area contributed by atoms with Gasteiger partial charge in [0.25, 0.3) is 5.69 Å². The van der Waals surface area contributed by atoms with E-state index < -0.39 is 0 Å². The summed E-state index contributed by atoms with van der Waals surface area (Å²) in [6.07, 6.45) is 2.70. The molecule has 0 bridgehead atoms. The van der Waals surface area contributed by atoms with Crippen molar-refractivity contribution >= 4 is 11.6 Å². The van der Waals surface area contributed by atoms with Gasteiger partial charge in [-0.3, -0.25) is 0 Å². The van der Waals surface area contributed by atoms with Gasteiger partial charge in [-0.15, -0.1) is 0 Å². The molecule has 1 heterocycles. The first-order valence-electron chi connectivity index (χ1n) is 4.08. The zero-order chi connectivity index (χ0) is 9.97. The molecule has 0 spiro atoms. The molecule has 0 aliphatic carbocycles. The molecule has 1 aromatic carbocycles. The summed E-state index contributed by atoms with van der Waals surface area (Å²) in [6, 6.07) is 9.20. The number of nitrogens with zero attached hydrogens (tertiary/aromatic N) is 2. The van der Waals surface area contributed by atoms with Crippen molar-refractivity contribution in [2.45, 2.75) is 0 Å². The molecule has 0 aliphatic rings. The van der Waals surface area contributed by atoms with Crippen LogP contribution >= 0.6 is 11.6 Å². The number of hydrogen-bond acceptors (Lipinski definition) is 2. The van der Waals surface area contributed by atoms with Crippen LogP contribution in [0.4, 0.5) is 0 Å². The molecule has 0 N–H and O–H groups in total. The molecule has 4 heteroatoms. The summed E-state index contributed by atoms with van der Waals surface area (Å²) in [7, 11) is 0. The minimum absolute atomic E-state index is 0.216. The van der Waals surface area contributed by atoms with Gasteiger partial charge in [0.1, 0.15) is 0 Å². The summed E-state index contributed by atoms with van der Waals surface area (Å²) in [6.45, 7) is 0. The Morgan fingerprint density at radius 1 is 1.21 bits per heavy atom. The van der Waals surface area contributed by atoms with E-state index in [4.69, 9.17) is 11.6 Å². The summed E-state index contributed by atoms with van der Waals surface area (Å²) < 4.78 is 0.713. The van der Waals surface area contributed by atoms with Crippen LogP contribution in [0.5, 0.6) is 0 Å². The molecule has 0 amide bonds. The van der Waals surface area contributed by atoms with Crippen molar-refractivity contribution in [3.05, 3.63) is 53.1 Å². The van der Waals surface area contributed by atoms with Crippen LogP contribution in [0.2, 0.25) is 5.15 Å². The monoisotopic (exact) mass is 206 g/mol. The van der Waals surface area contributed by atoms with E-state index in [-0.39, 0.29) is 5.15 Å². The molecular weight excluding hydrogens is 200 g/mol. The summed E-state index contributed by atoms with van der Waals surface area (Å²) in [5, 5.41) is 11.6. The SMILES string of the molecule is [O-][n+]1ccnc(Cl)c1-c1ccccc1. The van der Waals surface area contributed by atoms with Crippen molar-refractivity contribution in [3.63, 3.8) is 0 Å². The van der Waals surface area contributed by atoms with E-state index in [1.54, 1.807) is 0 Å². The van der Waals surface area contributed by atoms with Crippen LogP contribution in [-0.2, 0) is 0 Å². The third-order valence-electron chi connectivity index (χ3n) is 1.85. The van der Waals surface area contributed by atoms with Crippen LogP contribution < -0.4 is 4.73 Å². The molecule has 14 heavy (non-hydrogen) atoms. The molecule has 1 aromatic heterocycles. The fourth-order valence-corrected chi connectivity index (χ4v) is 1.48. The number of rotatable bonds is 1. The van der Waals surface area contributed by atoms with E-state index in [1.165, 1.54) is 12.4 Å². The first-order valence-corrected chi connectivity index (χ1v) is 4.46. The van der Waals surface area contributed by atoms with Crippen molar-refractivity contribution < 1.29 is 4.73 Å². The van der Waals surface area contributed by atoms with Gasteiger partial charge in [-0.2, -0.15) is 4.73 Å². The predicted molar refractivity (Wildman–Crippen MR) is 53.6 cm³/mol. The Kier molecular flexibility index (Phi) is 2.33. The molecular formula is C10H7ClN2O. The maximum absolute atomic E-state index is 11.4. The number of aromatic nitrogens is 2. The van der Waals surface area contributed by atoms with Gasteiger partial charge in [0.15, 0.2) is 6.20 Å². The van der Waals surface area contributed by atoms with Crippen LogP contribution in [0.15, 0.2) is 42.7 Å². The van der Waals surface area contributed by atoms with Gasteiger partial charge in [-0.1, -0.05) is 29.8 Å². The van der Waals surface area contributed by atoms with Gasteiger partial charge < -0.3 is 5.21 Å². The van der Waals surface area contributed by atoms with Crippen molar-refractivity contribution in [2.75, 3.05) is 0 Å². The van der Waals surface area contributed by atoms with Crippen LogP contribution in [0.25, 0.3) is 11.3 Å². The second-order valence-electron chi connectivity index (χ2n) is 2.76. The minimum atomic E-state index is 0.216. The Morgan fingerprint density at radius 2 is 1.93 bits per heavy atom. The molecule has 0 atom stereocenters. The Bertz CT molecular complexity index is 425. The minimum Gasteiger partial charge on any atom is -0.618 e. The summed E-state index contributed by atoms with van der Waals surface area (Å²) in [5.41, 5.74) is 1.15. The molecule has 2 aromatic rings. The molecule has 0 saturated carbocycles. The van der Waals surface area contributed by atoms with Crippen molar-refractivity contribution in [2.24, 2.45) is 0 Å². The molecule has 3 nitrogen and oxygen atoms in total. The van der Waals surface area contributed by atoms with E-state index in [0.29, 0.717) is 10.4 Å².